The summed E-state index contributed by atoms with van der Waals surface area (Å²) in [6.07, 6.45) is 0. The largest absolute Gasteiger partial charge is 0.321 e. The number of rotatable bonds is 4. The van der Waals surface area contributed by atoms with Crippen molar-refractivity contribution in [1.29, 1.82) is 0 Å². The third kappa shape index (κ3) is 4.04. The molecule has 0 aliphatic heterocycles. The van der Waals surface area contributed by atoms with Gasteiger partial charge in [-0.2, -0.15) is 0 Å². The highest BCUT2D eigenvalue weighted by Crippen LogP contribution is 2.25. The predicted octanol–water partition coefficient (Wildman–Crippen LogP) is 4.61. The second-order valence-electron chi connectivity index (χ2n) is 5.19. The van der Waals surface area contributed by atoms with Crippen molar-refractivity contribution in [3.05, 3.63) is 75.8 Å². The summed E-state index contributed by atoms with van der Waals surface area (Å²) in [4.78, 5) is 29.4. The Hall–Kier alpha value is -2.70. The summed E-state index contributed by atoms with van der Waals surface area (Å²) < 4.78 is 0. The highest BCUT2D eigenvalue weighted by molar-refractivity contribution is 7.17. The van der Waals surface area contributed by atoms with Crippen LogP contribution in [0.25, 0.3) is 0 Å². The molecular formula is C18H14ClN3O2S. The van der Waals surface area contributed by atoms with Crippen LogP contribution in [0, 0.1) is 6.92 Å². The van der Waals surface area contributed by atoms with E-state index in [0.717, 1.165) is 11.3 Å². The SMILES string of the molecule is Cc1nc(NC(=O)c2ccccc2Cl)sc1C(=O)Nc1ccccc1. The molecule has 0 saturated heterocycles. The summed E-state index contributed by atoms with van der Waals surface area (Å²) in [6, 6.07) is 15.9. The molecule has 0 radical (unpaired) electrons. The van der Waals surface area contributed by atoms with Crippen molar-refractivity contribution in [1.82, 2.24) is 4.98 Å². The van der Waals surface area contributed by atoms with Crippen LogP contribution in [0.4, 0.5) is 10.8 Å². The van der Waals surface area contributed by atoms with E-state index in [0.29, 0.717) is 32.0 Å². The maximum atomic E-state index is 12.4. The standard InChI is InChI=1S/C18H14ClN3O2S/c1-11-15(17(24)21-12-7-3-2-4-8-12)25-18(20-11)22-16(23)13-9-5-6-10-14(13)19/h2-10H,1H3,(H,21,24)(H,20,22,23). The van der Waals surface area contributed by atoms with Gasteiger partial charge in [-0.1, -0.05) is 53.3 Å². The van der Waals surface area contributed by atoms with Gasteiger partial charge in [0.1, 0.15) is 4.88 Å². The molecule has 0 unspecified atom stereocenters. The number of halogens is 1. The highest BCUT2D eigenvalue weighted by Gasteiger charge is 2.18. The fraction of sp³-hybridized carbons (Fsp3) is 0.0556. The smallest absolute Gasteiger partial charge is 0.267 e. The van der Waals surface area contributed by atoms with Crippen molar-refractivity contribution in [2.75, 3.05) is 10.6 Å². The second-order valence-corrected chi connectivity index (χ2v) is 6.59. The summed E-state index contributed by atoms with van der Waals surface area (Å²) in [5.74, 6) is -0.631. The zero-order chi connectivity index (χ0) is 17.8. The van der Waals surface area contributed by atoms with Gasteiger partial charge in [-0.25, -0.2) is 4.98 Å². The molecule has 3 rings (SSSR count). The van der Waals surface area contributed by atoms with E-state index in [9.17, 15) is 9.59 Å². The summed E-state index contributed by atoms with van der Waals surface area (Å²) in [7, 11) is 0. The van der Waals surface area contributed by atoms with E-state index in [1.54, 1.807) is 43.3 Å². The summed E-state index contributed by atoms with van der Waals surface area (Å²) in [5, 5.41) is 6.19. The first kappa shape index (κ1) is 17.1. The van der Waals surface area contributed by atoms with Gasteiger partial charge < -0.3 is 5.32 Å². The van der Waals surface area contributed by atoms with E-state index < -0.39 is 0 Å². The molecule has 0 atom stereocenters. The summed E-state index contributed by atoms with van der Waals surface area (Å²) in [6.45, 7) is 1.72. The third-order valence-electron chi connectivity index (χ3n) is 3.37. The zero-order valence-electron chi connectivity index (χ0n) is 13.2. The highest BCUT2D eigenvalue weighted by atomic mass is 35.5. The van der Waals surface area contributed by atoms with Crippen molar-refractivity contribution < 1.29 is 9.59 Å². The van der Waals surface area contributed by atoms with Gasteiger partial charge in [0.2, 0.25) is 0 Å². The van der Waals surface area contributed by atoms with Crippen molar-refractivity contribution in [3.8, 4) is 0 Å². The minimum atomic E-state index is -0.366. The van der Waals surface area contributed by atoms with E-state index in [1.165, 1.54) is 0 Å². The van der Waals surface area contributed by atoms with Gasteiger partial charge in [-0.15, -0.1) is 0 Å². The number of thiazole rings is 1. The lowest BCUT2D eigenvalue weighted by Crippen LogP contribution is -2.12. The Bertz CT molecular complexity index is 925. The number of carbonyl (C=O) groups is 2. The van der Waals surface area contributed by atoms with Crippen LogP contribution in [-0.2, 0) is 0 Å². The topological polar surface area (TPSA) is 71.1 Å². The number of para-hydroxylation sites is 1. The third-order valence-corrected chi connectivity index (χ3v) is 4.77. The first-order valence-electron chi connectivity index (χ1n) is 7.44. The average Bonchev–Trinajstić information content (AvgIpc) is 2.96. The van der Waals surface area contributed by atoms with Gasteiger partial charge in [-0.3, -0.25) is 14.9 Å². The lowest BCUT2D eigenvalue weighted by atomic mass is 10.2. The maximum Gasteiger partial charge on any atom is 0.267 e. The van der Waals surface area contributed by atoms with Crippen LogP contribution >= 0.6 is 22.9 Å². The van der Waals surface area contributed by atoms with Crippen LogP contribution < -0.4 is 10.6 Å². The molecule has 0 aliphatic carbocycles. The molecule has 0 fully saturated rings. The minimum absolute atomic E-state index is 0.264. The Balaban J connectivity index is 1.75. The predicted molar refractivity (Wildman–Crippen MR) is 101 cm³/mol. The number of hydrogen-bond donors (Lipinski definition) is 2. The molecule has 2 N–H and O–H groups in total. The summed E-state index contributed by atoms with van der Waals surface area (Å²) >= 11 is 7.14. The first-order chi connectivity index (χ1) is 12.0. The number of benzene rings is 2. The number of aromatic nitrogens is 1. The van der Waals surface area contributed by atoms with Gasteiger partial charge in [0, 0.05) is 5.69 Å². The summed E-state index contributed by atoms with van der Waals surface area (Å²) in [5.41, 5.74) is 1.60. The molecule has 0 bridgehead atoms. The maximum absolute atomic E-state index is 12.4. The molecule has 25 heavy (non-hydrogen) atoms. The number of hydrogen-bond acceptors (Lipinski definition) is 4. The molecule has 0 aliphatic rings. The number of carbonyl (C=O) groups excluding carboxylic acids is 2. The molecule has 1 heterocycles. The van der Waals surface area contributed by atoms with Crippen molar-refractivity contribution in [2.45, 2.75) is 6.92 Å². The fourth-order valence-corrected chi connectivity index (χ4v) is 3.26. The number of anilines is 2. The van der Waals surface area contributed by atoms with Crippen molar-refractivity contribution in [2.24, 2.45) is 0 Å². The van der Waals surface area contributed by atoms with E-state index in [2.05, 4.69) is 15.6 Å². The van der Waals surface area contributed by atoms with E-state index in [1.807, 2.05) is 18.2 Å². The molecule has 0 spiro atoms. The zero-order valence-corrected chi connectivity index (χ0v) is 14.8. The van der Waals surface area contributed by atoms with Crippen molar-refractivity contribution in [3.63, 3.8) is 0 Å². The van der Waals surface area contributed by atoms with E-state index in [-0.39, 0.29) is 11.8 Å². The molecule has 5 nitrogen and oxygen atoms in total. The number of amides is 2. The number of nitrogens with one attached hydrogen (secondary N) is 2. The van der Waals surface area contributed by atoms with Gasteiger partial charge in [0.05, 0.1) is 16.3 Å². The van der Waals surface area contributed by atoms with Crippen LogP contribution in [0.2, 0.25) is 5.02 Å². The Kier molecular flexibility index (Phi) is 5.11. The molecule has 7 heteroatoms. The van der Waals surface area contributed by atoms with E-state index >= 15 is 0 Å². The average molecular weight is 372 g/mol. The molecule has 126 valence electrons. The number of nitrogens with zero attached hydrogens (tertiary/aromatic N) is 1. The lowest BCUT2D eigenvalue weighted by molar-refractivity contribution is 0.102. The normalized spacial score (nSPS) is 10.3. The van der Waals surface area contributed by atoms with Gasteiger partial charge in [0.15, 0.2) is 5.13 Å². The van der Waals surface area contributed by atoms with Crippen LogP contribution in [0.1, 0.15) is 25.7 Å². The molecule has 2 aromatic carbocycles. The monoisotopic (exact) mass is 371 g/mol. The fourth-order valence-electron chi connectivity index (χ4n) is 2.18. The molecule has 0 saturated carbocycles. The molecule has 1 aromatic heterocycles. The lowest BCUT2D eigenvalue weighted by Gasteiger charge is -2.03. The van der Waals surface area contributed by atoms with Crippen LogP contribution in [0.3, 0.4) is 0 Å². The number of aryl methyl sites for hydroxylation is 1. The van der Waals surface area contributed by atoms with Crippen LogP contribution in [-0.4, -0.2) is 16.8 Å². The first-order valence-corrected chi connectivity index (χ1v) is 8.64. The Labute approximate surface area is 153 Å². The van der Waals surface area contributed by atoms with Gasteiger partial charge in [0.25, 0.3) is 11.8 Å². The van der Waals surface area contributed by atoms with Gasteiger partial charge >= 0.3 is 0 Å². The van der Waals surface area contributed by atoms with Crippen molar-refractivity contribution >= 4 is 45.6 Å². The van der Waals surface area contributed by atoms with Crippen LogP contribution in [0.5, 0.6) is 0 Å². The van der Waals surface area contributed by atoms with Crippen LogP contribution in [0.15, 0.2) is 54.6 Å². The Morgan fingerprint density at radius 2 is 1.64 bits per heavy atom. The second kappa shape index (κ2) is 7.46. The molecule has 3 aromatic rings. The Morgan fingerprint density at radius 1 is 0.960 bits per heavy atom. The molecule has 2 amide bonds. The quantitative estimate of drug-likeness (QED) is 0.703. The Morgan fingerprint density at radius 3 is 2.36 bits per heavy atom. The van der Waals surface area contributed by atoms with E-state index in [4.69, 9.17) is 11.6 Å². The molecular weight excluding hydrogens is 358 g/mol. The minimum Gasteiger partial charge on any atom is -0.321 e. The van der Waals surface area contributed by atoms with Gasteiger partial charge in [-0.05, 0) is 31.2 Å².